The normalized spacial score (nSPS) is 12.6. The summed E-state index contributed by atoms with van der Waals surface area (Å²) in [7, 11) is 0. The molecule has 1 aliphatic rings. The third-order valence-corrected chi connectivity index (χ3v) is 9.60. The molecular formula is C46H74. The van der Waals surface area contributed by atoms with E-state index < -0.39 is 0 Å². The first-order valence-corrected chi connectivity index (χ1v) is 19.8. The Balaban J connectivity index is 0.000000319. The number of unbranched alkanes of at least 4 members (excludes halogenated alkanes) is 8. The fourth-order valence-electron chi connectivity index (χ4n) is 6.25. The Kier molecular flexibility index (Phi) is 27.2. The monoisotopic (exact) mass is 627 g/mol. The molecule has 0 atom stereocenters. The van der Waals surface area contributed by atoms with Gasteiger partial charge in [0.1, 0.15) is 0 Å². The van der Waals surface area contributed by atoms with E-state index in [2.05, 4.69) is 114 Å². The molecule has 1 fully saturated rings. The molecule has 4 rings (SSSR count). The van der Waals surface area contributed by atoms with Crippen LogP contribution in [0.1, 0.15) is 172 Å². The zero-order valence-corrected chi connectivity index (χ0v) is 31.4. The van der Waals surface area contributed by atoms with E-state index in [1.807, 2.05) is 6.07 Å². The van der Waals surface area contributed by atoms with Crippen LogP contribution in [0, 0.1) is 5.92 Å². The molecule has 0 radical (unpaired) electrons. The fourth-order valence-corrected chi connectivity index (χ4v) is 6.25. The molecule has 46 heavy (non-hydrogen) atoms. The van der Waals surface area contributed by atoms with Gasteiger partial charge in [-0.05, 0) is 78.7 Å². The van der Waals surface area contributed by atoms with Crippen LogP contribution in [0.25, 0.3) is 0 Å². The van der Waals surface area contributed by atoms with Crippen LogP contribution in [0.2, 0.25) is 0 Å². The summed E-state index contributed by atoms with van der Waals surface area (Å²) in [6, 6.07) is 28.4. The van der Waals surface area contributed by atoms with Crippen molar-refractivity contribution in [1.82, 2.24) is 0 Å². The number of hydrogen-bond donors (Lipinski definition) is 0. The Morgan fingerprint density at radius 3 is 1.37 bits per heavy atom. The Hall–Kier alpha value is -2.34. The zero-order valence-electron chi connectivity index (χ0n) is 31.4. The minimum atomic E-state index is 1.09. The molecule has 0 heterocycles. The molecule has 3 aromatic carbocycles. The van der Waals surface area contributed by atoms with Crippen molar-refractivity contribution in [2.45, 2.75) is 176 Å². The predicted molar refractivity (Wildman–Crippen MR) is 209 cm³/mol. The first-order chi connectivity index (χ1) is 22.6. The van der Waals surface area contributed by atoms with Gasteiger partial charge in [0.05, 0.1) is 0 Å². The van der Waals surface area contributed by atoms with Crippen molar-refractivity contribution in [1.29, 1.82) is 0 Å². The smallest absolute Gasteiger partial charge is 0.0276 e. The highest BCUT2D eigenvalue weighted by Crippen LogP contribution is 2.25. The topological polar surface area (TPSA) is 0 Å². The Bertz CT molecular complexity index is 1030. The largest absolute Gasteiger partial charge is 0.0654 e. The van der Waals surface area contributed by atoms with Gasteiger partial charge in [-0.15, -0.1) is 0 Å². The van der Waals surface area contributed by atoms with Gasteiger partial charge in [-0.2, -0.15) is 0 Å². The lowest BCUT2D eigenvalue weighted by Crippen LogP contribution is -2.03. The molecule has 0 aromatic heterocycles. The fraction of sp³-hybridized carbons (Fsp3) is 0.609. The summed E-state index contributed by atoms with van der Waals surface area (Å²) in [6.45, 7) is 13.5. The molecule has 1 saturated carbocycles. The Morgan fingerprint density at radius 2 is 0.891 bits per heavy atom. The predicted octanol–water partition coefficient (Wildman–Crippen LogP) is 14.7. The first-order valence-electron chi connectivity index (χ1n) is 19.8. The molecule has 1 aliphatic carbocycles. The van der Waals surface area contributed by atoms with Gasteiger partial charge < -0.3 is 0 Å². The van der Waals surface area contributed by atoms with Gasteiger partial charge in [0.25, 0.3) is 0 Å². The van der Waals surface area contributed by atoms with Crippen LogP contribution in [0.5, 0.6) is 0 Å². The van der Waals surface area contributed by atoms with Crippen LogP contribution in [0.4, 0.5) is 0 Å². The van der Waals surface area contributed by atoms with Crippen LogP contribution in [-0.2, 0) is 32.1 Å². The summed E-state index contributed by atoms with van der Waals surface area (Å²) < 4.78 is 0. The van der Waals surface area contributed by atoms with E-state index in [1.54, 1.807) is 5.56 Å². The maximum atomic E-state index is 2.32. The number of benzene rings is 3. The van der Waals surface area contributed by atoms with E-state index in [1.165, 1.54) is 144 Å². The van der Waals surface area contributed by atoms with Gasteiger partial charge in [0, 0.05) is 0 Å². The molecule has 0 spiro atoms. The van der Waals surface area contributed by atoms with Crippen molar-refractivity contribution in [3.05, 3.63) is 107 Å². The third-order valence-electron chi connectivity index (χ3n) is 9.60. The molecule has 0 N–H and O–H groups in total. The molecule has 0 nitrogen and oxygen atoms in total. The lowest BCUT2D eigenvalue weighted by Gasteiger charge is -2.18. The molecule has 0 heteroatoms. The second-order valence-corrected chi connectivity index (χ2v) is 13.4. The maximum Gasteiger partial charge on any atom is -0.0276 e. The quantitative estimate of drug-likeness (QED) is 0.139. The highest BCUT2D eigenvalue weighted by molar-refractivity contribution is 5.27. The van der Waals surface area contributed by atoms with Crippen LogP contribution in [0.3, 0.4) is 0 Å². The lowest BCUT2D eigenvalue weighted by molar-refractivity contribution is 0.349. The molecule has 0 saturated heterocycles. The van der Waals surface area contributed by atoms with Gasteiger partial charge >= 0.3 is 0 Å². The van der Waals surface area contributed by atoms with Gasteiger partial charge in [-0.3, -0.25) is 0 Å². The second-order valence-electron chi connectivity index (χ2n) is 13.4. The van der Waals surface area contributed by atoms with E-state index in [4.69, 9.17) is 0 Å². The summed E-state index contributed by atoms with van der Waals surface area (Å²) in [5.41, 5.74) is 7.46. The minimum Gasteiger partial charge on any atom is -0.0654 e. The Labute approximate surface area is 288 Å². The summed E-state index contributed by atoms with van der Waals surface area (Å²) in [5, 5.41) is 0. The number of hydrogen-bond acceptors (Lipinski definition) is 0. The third kappa shape index (κ3) is 21.5. The van der Waals surface area contributed by atoms with Gasteiger partial charge in [0.2, 0.25) is 0 Å². The summed E-state index contributed by atoms with van der Waals surface area (Å²) in [6.07, 6.45) is 28.7. The highest BCUT2D eigenvalue weighted by atomic mass is 14.2. The second kappa shape index (κ2) is 30.0. The van der Waals surface area contributed by atoms with Crippen molar-refractivity contribution in [2.75, 3.05) is 0 Å². The highest BCUT2D eigenvalue weighted by Gasteiger charge is 2.09. The van der Waals surface area contributed by atoms with E-state index in [-0.39, 0.29) is 0 Å². The van der Waals surface area contributed by atoms with Gasteiger partial charge in [0.15, 0.2) is 0 Å². The van der Waals surface area contributed by atoms with Gasteiger partial charge in [-0.25, -0.2) is 0 Å². The average Bonchev–Trinajstić information content (AvgIpc) is 3.13. The van der Waals surface area contributed by atoms with Gasteiger partial charge in [-0.1, -0.05) is 210 Å². The van der Waals surface area contributed by atoms with Crippen molar-refractivity contribution in [3.63, 3.8) is 0 Å². The lowest BCUT2D eigenvalue weighted by atomic mass is 9.88. The number of aryl methyl sites for hydroxylation is 5. The van der Waals surface area contributed by atoms with E-state index >= 15 is 0 Å². The summed E-state index contributed by atoms with van der Waals surface area (Å²) in [4.78, 5) is 0. The van der Waals surface area contributed by atoms with Crippen molar-refractivity contribution < 1.29 is 0 Å². The molecule has 0 bridgehead atoms. The molecule has 258 valence electrons. The van der Waals surface area contributed by atoms with Crippen LogP contribution >= 0.6 is 0 Å². The van der Waals surface area contributed by atoms with Crippen LogP contribution in [0.15, 0.2) is 78.9 Å². The molecule has 0 unspecified atom stereocenters. The SMILES string of the molecule is CCC1CCCCC1.CCCCCCCc1ccc(CC)cc1.CCCCCCCc1ccccc1CC.CCc1ccccc1. The van der Waals surface area contributed by atoms with E-state index in [0.717, 1.165) is 18.8 Å². The Morgan fingerprint density at radius 1 is 0.413 bits per heavy atom. The molecular weight excluding hydrogens is 553 g/mol. The first kappa shape index (κ1) is 41.7. The van der Waals surface area contributed by atoms with Crippen molar-refractivity contribution >= 4 is 0 Å². The minimum absolute atomic E-state index is 1.09. The summed E-state index contributed by atoms with van der Waals surface area (Å²) in [5.74, 6) is 1.09. The van der Waals surface area contributed by atoms with E-state index in [9.17, 15) is 0 Å². The average molecular weight is 627 g/mol. The van der Waals surface area contributed by atoms with Crippen molar-refractivity contribution in [3.8, 4) is 0 Å². The van der Waals surface area contributed by atoms with E-state index in [0.29, 0.717) is 0 Å². The van der Waals surface area contributed by atoms with Crippen molar-refractivity contribution in [2.24, 2.45) is 5.92 Å². The van der Waals surface area contributed by atoms with Crippen LogP contribution < -0.4 is 0 Å². The molecule has 3 aromatic rings. The zero-order chi connectivity index (χ0) is 33.5. The molecule has 0 aliphatic heterocycles. The maximum absolute atomic E-state index is 2.32. The molecule has 0 amide bonds. The summed E-state index contributed by atoms with van der Waals surface area (Å²) >= 11 is 0. The number of rotatable bonds is 16. The van der Waals surface area contributed by atoms with Crippen LogP contribution in [-0.4, -0.2) is 0 Å². The standard InChI is InChI=1S/2C15H24.C8H16.C8H10/c1-3-5-6-7-8-12-15-13-10-9-11-14(15)4-2;1-3-5-6-7-8-9-15-12-10-14(4-2)11-13-15;2*1-2-8-6-4-3-5-7-8/h9-11,13H,3-8,12H2,1-2H3;10-13H,3-9H2,1-2H3;8H,2-7H2,1H3;3-7H,2H2,1H3.